The van der Waals surface area contributed by atoms with Crippen molar-refractivity contribution in [1.82, 2.24) is 19.6 Å². The van der Waals surface area contributed by atoms with Gasteiger partial charge in [0, 0.05) is 52.4 Å². The summed E-state index contributed by atoms with van der Waals surface area (Å²) in [6.07, 6.45) is 1.60. The molecule has 0 aromatic carbocycles. The fourth-order valence-electron chi connectivity index (χ4n) is 4.46. The van der Waals surface area contributed by atoms with Crippen LogP contribution in [-0.2, 0) is 23.9 Å². The third-order valence-electron chi connectivity index (χ3n) is 6.39. The van der Waals surface area contributed by atoms with E-state index in [0.717, 1.165) is 25.9 Å². The highest BCUT2D eigenvalue weighted by atomic mass is 16.5. The first-order chi connectivity index (χ1) is 14.5. The summed E-state index contributed by atoms with van der Waals surface area (Å²) in [5.41, 5.74) is 0. The minimum atomic E-state index is -0.248. The largest absolute Gasteiger partial charge is 0.466 e. The van der Waals surface area contributed by atoms with Gasteiger partial charge >= 0.3 is 5.97 Å². The van der Waals surface area contributed by atoms with E-state index in [4.69, 9.17) is 9.47 Å². The SMILES string of the molecule is CCOC(=O)C1CCCN(C(=O)C(C)N2CCN(C(=O)CN3CCOCC3)CC2)C1. The zero-order chi connectivity index (χ0) is 21.5. The predicted molar refractivity (Wildman–Crippen MR) is 111 cm³/mol. The zero-order valence-corrected chi connectivity index (χ0v) is 18.4. The van der Waals surface area contributed by atoms with Gasteiger partial charge in [0.25, 0.3) is 0 Å². The van der Waals surface area contributed by atoms with Crippen molar-refractivity contribution in [3.8, 4) is 0 Å². The molecule has 9 heteroatoms. The summed E-state index contributed by atoms with van der Waals surface area (Å²) in [4.78, 5) is 45.7. The first kappa shape index (κ1) is 23.0. The molecule has 0 aromatic rings. The molecule has 2 unspecified atom stereocenters. The second kappa shape index (κ2) is 11.1. The maximum Gasteiger partial charge on any atom is 0.310 e. The quantitative estimate of drug-likeness (QED) is 0.539. The molecule has 3 heterocycles. The van der Waals surface area contributed by atoms with Gasteiger partial charge < -0.3 is 19.3 Å². The topological polar surface area (TPSA) is 82.6 Å². The van der Waals surface area contributed by atoms with Crippen molar-refractivity contribution in [3.63, 3.8) is 0 Å². The molecule has 3 aliphatic heterocycles. The van der Waals surface area contributed by atoms with Crippen LogP contribution in [0.5, 0.6) is 0 Å². The maximum absolute atomic E-state index is 13.0. The summed E-state index contributed by atoms with van der Waals surface area (Å²) < 4.78 is 10.5. The highest BCUT2D eigenvalue weighted by Gasteiger charge is 2.34. The van der Waals surface area contributed by atoms with Gasteiger partial charge in [-0.2, -0.15) is 0 Å². The molecule has 0 N–H and O–H groups in total. The summed E-state index contributed by atoms with van der Waals surface area (Å²) >= 11 is 0. The number of carbonyl (C=O) groups is 3. The van der Waals surface area contributed by atoms with Crippen molar-refractivity contribution >= 4 is 17.8 Å². The number of rotatable bonds is 6. The van der Waals surface area contributed by atoms with Crippen molar-refractivity contribution in [2.75, 3.05) is 78.7 Å². The molecule has 0 spiro atoms. The molecule has 9 nitrogen and oxygen atoms in total. The lowest BCUT2D eigenvalue weighted by molar-refractivity contribution is -0.152. The molecule has 30 heavy (non-hydrogen) atoms. The van der Waals surface area contributed by atoms with Gasteiger partial charge in [0.2, 0.25) is 11.8 Å². The highest BCUT2D eigenvalue weighted by Crippen LogP contribution is 2.20. The standard InChI is InChI=1S/C21H36N4O5/c1-3-30-21(28)18-5-4-6-25(15-18)20(27)17(2)23-7-9-24(10-8-23)19(26)16-22-11-13-29-14-12-22/h17-18H,3-16H2,1-2H3. The Labute approximate surface area is 179 Å². The molecule has 0 aliphatic carbocycles. The normalized spacial score (nSPS) is 25.1. The van der Waals surface area contributed by atoms with Crippen LogP contribution in [0.2, 0.25) is 0 Å². The van der Waals surface area contributed by atoms with Gasteiger partial charge in [-0.25, -0.2) is 0 Å². The van der Waals surface area contributed by atoms with Gasteiger partial charge in [0.15, 0.2) is 0 Å². The van der Waals surface area contributed by atoms with Crippen LogP contribution in [0.1, 0.15) is 26.7 Å². The van der Waals surface area contributed by atoms with Gasteiger partial charge in [-0.15, -0.1) is 0 Å². The van der Waals surface area contributed by atoms with Crippen LogP contribution in [-0.4, -0.2) is 122 Å². The molecule has 2 atom stereocenters. The number of hydrogen-bond donors (Lipinski definition) is 0. The molecule has 0 aromatic heterocycles. The van der Waals surface area contributed by atoms with Gasteiger partial charge in [-0.05, 0) is 26.7 Å². The van der Waals surface area contributed by atoms with E-state index in [9.17, 15) is 14.4 Å². The minimum Gasteiger partial charge on any atom is -0.466 e. The Morgan fingerprint density at radius 2 is 1.70 bits per heavy atom. The Kier molecular flexibility index (Phi) is 8.47. The van der Waals surface area contributed by atoms with E-state index in [-0.39, 0.29) is 29.7 Å². The number of likely N-dealkylation sites (tertiary alicyclic amines) is 1. The summed E-state index contributed by atoms with van der Waals surface area (Å²) in [5.74, 6) is -0.194. The van der Waals surface area contributed by atoms with E-state index in [2.05, 4.69) is 9.80 Å². The van der Waals surface area contributed by atoms with Gasteiger partial charge in [0.1, 0.15) is 0 Å². The maximum atomic E-state index is 13.0. The smallest absolute Gasteiger partial charge is 0.310 e. The third-order valence-corrected chi connectivity index (χ3v) is 6.39. The zero-order valence-electron chi connectivity index (χ0n) is 18.4. The molecule has 0 saturated carbocycles. The van der Waals surface area contributed by atoms with E-state index >= 15 is 0 Å². The Hall–Kier alpha value is -1.71. The lowest BCUT2D eigenvalue weighted by Gasteiger charge is -2.40. The highest BCUT2D eigenvalue weighted by molar-refractivity contribution is 5.83. The first-order valence-electron chi connectivity index (χ1n) is 11.3. The van der Waals surface area contributed by atoms with Crippen LogP contribution in [0.3, 0.4) is 0 Å². The van der Waals surface area contributed by atoms with Gasteiger partial charge in [-0.1, -0.05) is 0 Å². The number of carbonyl (C=O) groups excluding carboxylic acids is 3. The van der Waals surface area contributed by atoms with Crippen molar-refractivity contribution in [3.05, 3.63) is 0 Å². The molecule has 170 valence electrons. The van der Waals surface area contributed by atoms with E-state index in [1.54, 1.807) is 6.92 Å². The average Bonchev–Trinajstić information content (AvgIpc) is 2.79. The lowest BCUT2D eigenvalue weighted by Crippen LogP contribution is -2.57. The van der Waals surface area contributed by atoms with E-state index in [1.807, 2.05) is 16.7 Å². The van der Waals surface area contributed by atoms with E-state index in [1.165, 1.54) is 0 Å². The van der Waals surface area contributed by atoms with Crippen LogP contribution >= 0.6 is 0 Å². The molecule has 3 fully saturated rings. The van der Waals surface area contributed by atoms with Crippen LogP contribution < -0.4 is 0 Å². The summed E-state index contributed by atoms with van der Waals surface area (Å²) in [7, 11) is 0. The number of esters is 1. The fourth-order valence-corrected chi connectivity index (χ4v) is 4.46. The number of hydrogen-bond acceptors (Lipinski definition) is 7. The molecule has 0 bridgehead atoms. The fraction of sp³-hybridized carbons (Fsp3) is 0.857. The van der Waals surface area contributed by atoms with Crippen molar-refractivity contribution in [2.45, 2.75) is 32.7 Å². The number of nitrogens with zero attached hydrogens (tertiary/aromatic N) is 4. The first-order valence-corrected chi connectivity index (χ1v) is 11.3. The average molecular weight is 425 g/mol. The summed E-state index contributed by atoms with van der Waals surface area (Å²) in [6, 6.07) is -0.248. The van der Waals surface area contributed by atoms with Crippen molar-refractivity contribution in [1.29, 1.82) is 0 Å². The lowest BCUT2D eigenvalue weighted by atomic mass is 9.97. The molecule has 2 amide bonds. The van der Waals surface area contributed by atoms with Crippen molar-refractivity contribution < 1.29 is 23.9 Å². The van der Waals surface area contributed by atoms with Crippen LogP contribution in [0.15, 0.2) is 0 Å². The molecule has 3 rings (SSSR count). The Balaban J connectivity index is 1.44. The number of ether oxygens (including phenoxy) is 2. The predicted octanol–water partition coefficient (Wildman–Crippen LogP) is -0.347. The van der Waals surface area contributed by atoms with Crippen molar-refractivity contribution in [2.24, 2.45) is 5.92 Å². The van der Waals surface area contributed by atoms with Crippen LogP contribution in [0, 0.1) is 5.92 Å². The van der Waals surface area contributed by atoms with Crippen LogP contribution in [0.25, 0.3) is 0 Å². The molecule has 0 radical (unpaired) electrons. The van der Waals surface area contributed by atoms with Gasteiger partial charge in [-0.3, -0.25) is 24.2 Å². The number of amides is 2. The number of morpholine rings is 1. The molecule has 3 saturated heterocycles. The van der Waals surface area contributed by atoms with E-state index in [0.29, 0.717) is 65.6 Å². The third kappa shape index (κ3) is 5.92. The Bertz CT molecular complexity index is 602. The second-order valence-electron chi connectivity index (χ2n) is 8.36. The molecular weight excluding hydrogens is 388 g/mol. The number of piperazine rings is 1. The van der Waals surface area contributed by atoms with E-state index < -0.39 is 0 Å². The Morgan fingerprint density at radius 1 is 1.00 bits per heavy atom. The number of piperidine rings is 1. The molecule has 3 aliphatic rings. The van der Waals surface area contributed by atoms with Gasteiger partial charge in [0.05, 0.1) is 38.3 Å². The van der Waals surface area contributed by atoms with Crippen LogP contribution in [0.4, 0.5) is 0 Å². The Morgan fingerprint density at radius 3 is 2.37 bits per heavy atom. The monoisotopic (exact) mass is 424 g/mol. The minimum absolute atomic E-state index is 0.0668. The summed E-state index contributed by atoms with van der Waals surface area (Å²) in [6.45, 7) is 11.3. The summed E-state index contributed by atoms with van der Waals surface area (Å²) in [5, 5.41) is 0. The molecular formula is C21H36N4O5. The second-order valence-corrected chi connectivity index (χ2v) is 8.36.